The van der Waals surface area contributed by atoms with Gasteiger partial charge in [-0.2, -0.15) is 0 Å². The minimum Gasteiger partial charge on any atom is -0.501 e. The van der Waals surface area contributed by atoms with E-state index in [1.54, 1.807) is 0 Å². The summed E-state index contributed by atoms with van der Waals surface area (Å²) in [4.78, 5) is 9.35. The fraction of sp³-hybridized carbons (Fsp3) is 0.184. The van der Waals surface area contributed by atoms with Crippen molar-refractivity contribution in [3.05, 3.63) is 164 Å². The smallest absolute Gasteiger partial charge is 0.121 e. The van der Waals surface area contributed by atoms with E-state index in [0.717, 1.165) is 50.0 Å². The maximum atomic E-state index is 6.41. The molecule has 3 heterocycles. The second kappa shape index (κ2) is 16.6. The summed E-state index contributed by atoms with van der Waals surface area (Å²) in [6.45, 7) is 7.02. The van der Waals surface area contributed by atoms with Crippen molar-refractivity contribution in [1.29, 1.82) is 0 Å². The maximum Gasteiger partial charge on any atom is 0.121 e. The van der Waals surface area contributed by atoms with Crippen molar-refractivity contribution in [2.24, 2.45) is 0 Å². The van der Waals surface area contributed by atoms with Crippen LogP contribution < -0.4 is 5.19 Å². The number of fused-ring (bicyclic) bond motifs is 3. The van der Waals surface area contributed by atoms with E-state index in [1.807, 2.05) is 36.7 Å². The zero-order valence-corrected chi connectivity index (χ0v) is 34.5. The number of aromatic nitrogens is 2. The average molecular weight is 897 g/mol. The van der Waals surface area contributed by atoms with E-state index < -0.39 is 8.07 Å². The topological polar surface area (TPSA) is 38.9 Å². The molecule has 271 valence electrons. The minimum atomic E-state index is -1.29. The standard InChI is InChI=1S/C29H24NO.C20H20NSi.Ir/c1-3-8-20(9-4-1)22-14-15-24-25-12-7-13-26(29(25)31-28(24)19-22)27-18-23(16-17-30-27)21-10-5-2-6-11-21;1-22(2,3)19-12-13-20(21-15-19)18-11-7-10-17(14-18)16-8-5-4-6-9-16;/h1,3-4,7-9,12,14-19,21H,2,5-6,10-11H2;4-10,12-15H,1-3H3;/q2*-1;. The molecule has 3 nitrogen and oxygen atoms in total. The first kappa shape index (κ1) is 37.4. The third-order valence-corrected chi connectivity index (χ3v) is 12.5. The van der Waals surface area contributed by atoms with Crippen molar-refractivity contribution < 1.29 is 24.5 Å². The predicted molar refractivity (Wildman–Crippen MR) is 224 cm³/mol. The van der Waals surface area contributed by atoms with Crippen LogP contribution in [-0.4, -0.2) is 18.0 Å². The molecule has 1 saturated carbocycles. The van der Waals surface area contributed by atoms with Crippen LogP contribution in [-0.2, 0) is 20.1 Å². The summed E-state index contributed by atoms with van der Waals surface area (Å²) in [5, 5.41) is 3.64. The molecule has 0 bridgehead atoms. The molecule has 54 heavy (non-hydrogen) atoms. The summed E-state index contributed by atoms with van der Waals surface area (Å²) in [7, 11) is -1.29. The third kappa shape index (κ3) is 8.24. The molecular weight excluding hydrogens is 853 g/mol. The average Bonchev–Trinajstić information content (AvgIpc) is 3.60. The number of hydrogen-bond acceptors (Lipinski definition) is 3. The van der Waals surface area contributed by atoms with Gasteiger partial charge in [0.05, 0.1) is 13.7 Å². The van der Waals surface area contributed by atoms with Crippen LogP contribution in [0.5, 0.6) is 0 Å². The van der Waals surface area contributed by atoms with Crippen molar-refractivity contribution in [1.82, 2.24) is 9.97 Å². The summed E-state index contributed by atoms with van der Waals surface area (Å²) in [5.74, 6) is 0.652. The van der Waals surface area contributed by atoms with Gasteiger partial charge in [-0.05, 0) is 64.2 Å². The van der Waals surface area contributed by atoms with E-state index in [2.05, 4.69) is 146 Å². The van der Waals surface area contributed by atoms with Gasteiger partial charge in [-0.1, -0.05) is 146 Å². The monoisotopic (exact) mass is 897 g/mol. The van der Waals surface area contributed by atoms with Gasteiger partial charge in [0.15, 0.2) is 0 Å². The van der Waals surface area contributed by atoms with Crippen molar-refractivity contribution in [3.8, 4) is 44.8 Å². The van der Waals surface area contributed by atoms with Crippen LogP contribution in [0.2, 0.25) is 19.6 Å². The molecule has 1 fully saturated rings. The Hall–Kier alpha value is -4.93. The van der Waals surface area contributed by atoms with Gasteiger partial charge >= 0.3 is 0 Å². The zero-order valence-electron chi connectivity index (χ0n) is 31.1. The molecule has 0 atom stereocenters. The molecule has 5 heteroatoms. The second-order valence-corrected chi connectivity index (χ2v) is 20.2. The number of furan rings is 1. The number of hydrogen-bond donors (Lipinski definition) is 0. The Bertz CT molecular complexity index is 2460. The molecule has 0 N–H and O–H groups in total. The normalized spacial score (nSPS) is 13.2. The summed E-state index contributed by atoms with van der Waals surface area (Å²) in [6.07, 6.45) is 10.6. The fourth-order valence-corrected chi connectivity index (χ4v) is 8.47. The molecule has 9 rings (SSSR count). The molecule has 1 aliphatic carbocycles. The molecule has 0 spiro atoms. The molecule has 3 aromatic heterocycles. The molecular formula is C49H44IrN2OSi-2. The van der Waals surface area contributed by atoms with E-state index in [4.69, 9.17) is 9.40 Å². The van der Waals surface area contributed by atoms with Gasteiger partial charge in [0.25, 0.3) is 0 Å². The molecule has 1 aliphatic rings. The van der Waals surface area contributed by atoms with Crippen molar-refractivity contribution >= 4 is 35.2 Å². The van der Waals surface area contributed by atoms with Crippen molar-refractivity contribution in [3.63, 3.8) is 0 Å². The van der Waals surface area contributed by atoms with E-state index in [1.165, 1.54) is 59.5 Å². The number of benzene rings is 5. The van der Waals surface area contributed by atoms with E-state index in [-0.39, 0.29) is 20.1 Å². The third-order valence-electron chi connectivity index (χ3n) is 10.5. The van der Waals surface area contributed by atoms with Crippen LogP contribution in [0.25, 0.3) is 66.7 Å². The largest absolute Gasteiger partial charge is 0.501 e. The summed E-state index contributed by atoms with van der Waals surface area (Å²) in [5.41, 5.74) is 11.9. The van der Waals surface area contributed by atoms with Crippen molar-refractivity contribution in [2.45, 2.75) is 57.7 Å². The Morgan fingerprint density at radius 3 is 2.00 bits per heavy atom. The van der Waals surface area contributed by atoms with E-state index >= 15 is 0 Å². The fourth-order valence-electron chi connectivity index (χ4n) is 7.44. The van der Waals surface area contributed by atoms with Crippen molar-refractivity contribution in [2.75, 3.05) is 0 Å². The number of rotatable bonds is 6. The second-order valence-electron chi connectivity index (χ2n) is 15.1. The molecule has 1 radical (unpaired) electrons. The molecule has 5 aromatic carbocycles. The molecule has 0 aliphatic heterocycles. The van der Waals surface area contributed by atoms with Gasteiger partial charge < -0.3 is 14.4 Å². The van der Waals surface area contributed by atoms with E-state index in [0.29, 0.717) is 5.92 Å². The van der Waals surface area contributed by atoms with Gasteiger partial charge in [-0.3, -0.25) is 0 Å². The van der Waals surface area contributed by atoms with Gasteiger partial charge in [-0.15, -0.1) is 53.6 Å². The molecule has 0 unspecified atom stereocenters. The Labute approximate surface area is 333 Å². The van der Waals surface area contributed by atoms with Gasteiger partial charge in [0, 0.05) is 37.9 Å². The van der Waals surface area contributed by atoms with Crippen LogP contribution in [0, 0.1) is 12.1 Å². The van der Waals surface area contributed by atoms with E-state index in [9.17, 15) is 0 Å². The first-order valence-corrected chi connectivity index (χ1v) is 22.3. The first-order chi connectivity index (χ1) is 25.9. The summed E-state index contributed by atoms with van der Waals surface area (Å²) < 4.78 is 6.41. The van der Waals surface area contributed by atoms with Crippen LogP contribution in [0.1, 0.15) is 43.6 Å². The summed E-state index contributed by atoms with van der Waals surface area (Å²) in [6, 6.07) is 53.1. The Balaban J connectivity index is 0.000000174. The van der Waals surface area contributed by atoms with Crippen LogP contribution in [0.4, 0.5) is 0 Å². The SMILES string of the molecule is C[Si](C)(C)c1ccc(-c2[c-]ccc(-c3ccccc3)c2)nc1.[Ir].[c-]1ccc2c(oc3cc(-c4ccccc4)ccc32)c1-c1cc(C2CCCCC2)ccn1. The van der Waals surface area contributed by atoms with Gasteiger partial charge in [0.1, 0.15) is 5.58 Å². The zero-order chi connectivity index (χ0) is 36.2. The molecule has 0 saturated heterocycles. The Morgan fingerprint density at radius 2 is 1.31 bits per heavy atom. The Morgan fingerprint density at radius 1 is 0.611 bits per heavy atom. The first-order valence-electron chi connectivity index (χ1n) is 18.8. The number of nitrogens with zero attached hydrogens (tertiary/aromatic N) is 2. The maximum absolute atomic E-state index is 6.41. The van der Waals surface area contributed by atoms with Crippen LogP contribution in [0.3, 0.4) is 0 Å². The van der Waals surface area contributed by atoms with Gasteiger partial charge in [0.2, 0.25) is 0 Å². The molecule has 8 aromatic rings. The number of pyridine rings is 2. The minimum absolute atomic E-state index is 0. The van der Waals surface area contributed by atoms with Crippen LogP contribution >= 0.6 is 0 Å². The summed E-state index contributed by atoms with van der Waals surface area (Å²) >= 11 is 0. The van der Waals surface area contributed by atoms with Gasteiger partial charge in [-0.25, -0.2) is 0 Å². The molecule has 0 amide bonds. The predicted octanol–water partition coefficient (Wildman–Crippen LogP) is 12.9. The van der Waals surface area contributed by atoms with Crippen LogP contribution in [0.15, 0.2) is 150 Å². The quantitative estimate of drug-likeness (QED) is 0.123. The Kier molecular flexibility index (Phi) is 11.5.